The fraction of sp³-hybridized carbons (Fsp3) is 0.154. The second-order valence-electron chi connectivity index (χ2n) is 3.81. The Morgan fingerprint density at radius 3 is 2.53 bits per heavy atom. The summed E-state index contributed by atoms with van der Waals surface area (Å²) in [4.78, 5) is 16.5. The molecule has 0 aliphatic rings. The molecule has 0 bridgehead atoms. The van der Waals surface area contributed by atoms with E-state index in [0.29, 0.717) is 6.54 Å². The van der Waals surface area contributed by atoms with Crippen LogP contribution in [0.2, 0.25) is 5.15 Å². The van der Waals surface area contributed by atoms with Crippen molar-refractivity contribution in [2.24, 2.45) is 0 Å². The van der Waals surface area contributed by atoms with Crippen molar-refractivity contribution in [2.45, 2.75) is 6.92 Å². The molecule has 0 saturated carbocycles. The van der Waals surface area contributed by atoms with Crippen LogP contribution < -0.4 is 4.90 Å². The maximum absolute atomic E-state index is 11.1. The maximum atomic E-state index is 11.1. The summed E-state index contributed by atoms with van der Waals surface area (Å²) >= 11 is 5.85. The van der Waals surface area contributed by atoms with Gasteiger partial charge in [0.2, 0.25) is 5.82 Å². The fourth-order valence-electron chi connectivity index (χ4n) is 1.82. The molecule has 98 valence electrons. The predicted octanol–water partition coefficient (Wildman–Crippen LogP) is 3.80. The summed E-state index contributed by atoms with van der Waals surface area (Å²) in [6, 6.07) is 12.2. The van der Waals surface area contributed by atoms with Gasteiger partial charge in [-0.2, -0.15) is 0 Å². The topological polar surface area (TPSA) is 59.3 Å². The number of anilines is 2. The molecule has 0 aliphatic carbocycles. The summed E-state index contributed by atoms with van der Waals surface area (Å²) < 4.78 is 0. The van der Waals surface area contributed by atoms with Crippen LogP contribution in [0.4, 0.5) is 17.2 Å². The Bertz CT molecular complexity index is 590. The number of benzene rings is 1. The zero-order valence-electron chi connectivity index (χ0n) is 10.3. The van der Waals surface area contributed by atoms with E-state index in [2.05, 4.69) is 4.98 Å². The first-order valence-corrected chi connectivity index (χ1v) is 6.14. The Kier molecular flexibility index (Phi) is 3.97. The molecule has 1 heterocycles. The molecule has 0 aliphatic heterocycles. The van der Waals surface area contributed by atoms with E-state index in [1.165, 1.54) is 12.1 Å². The third kappa shape index (κ3) is 2.82. The maximum Gasteiger partial charge on any atom is 0.312 e. The highest BCUT2D eigenvalue weighted by molar-refractivity contribution is 6.29. The van der Waals surface area contributed by atoms with Crippen LogP contribution in [0.3, 0.4) is 0 Å². The van der Waals surface area contributed by atoms with Gasteiger partial charge in [-0.25, -0.2) is 4.98 Å². The Morgan fingerprint density at radius 1 is 1.26 bits per heavy atom. The van der Waals surface area contributed by atoms with E-state index in [9.17, 15) is 10.1 Å². The van der Waals surface area contributed by atoms with Crippen LogP contribution in [-0.4, -0.2) is 16.5 Å². The number of aromatic nitrogens is 1. The van der Waals surface area contributed by atoms with Crippen LogP contribution in [0.5, 0.6) is 0 Å². The average molecular weight is 278 g/mol. The van der Waals surface area contributed by atoms with Crippen molar-refractivity contribution in [2.75, 3.05) is 11.4 Å². The van der Waals surface area contributed by atoms with E-state index in [4.69, 9.17) is 11.6 Å². The summed E-state index contributed by atoms with van der Waals surface area (Å²) in [5, 5.41) is 11.3. The molecule has 0 unspecified atom stereocenters. The predicted molar refractivity (Wildman–Crippen MR) is 75.0 cm³/mol. The number of pyridine rings is 1. The van der Waals surface area contributed by atoms with Gasteiger partial charge in [-0.15, -0.1) is 0 Å². The minimum absolute atomic E-state index is 0.0601. The first kappa shape index (κ1) is 13.3. The second-order valence-corrected chi connectivity index (χ2v) is 4.20. The van der Waals surface area contributed by atoms with E-state index in [1.807, 2.05) is 37.3 Å². The second kappa shape index (κ2) is 5.67. The molecule has 0 fully saturated rings. The van der Waals surface area contributed by atoms with Gasteiger partial charge < -0.3 is 4.90 Å². The number of halogens is 1. The van der Waals surface area contributed by atoms with Crippen molar-refractivity contribution in [3.63, 3.8) is 0 Å². The molecule has 1 aromatic carbocycles. The SMILES string of the molecule is CCN(c1ccccc1)c1nc(Cl)ccc1[N+](=O)[O-]. The summed E-state index contributed by atoms with van der Waals surface area (Å²) in [6.07, 6.45) is 0. The van der Waals surface area contributed by atoms with Gasteiger partial charge >= 0.3 is 5.69 Å². The largest absolute Gasteiger partial charge is 0.321 e. The number of hydrogen-bond acceptors (Lipinski definition) is 4. The third-order valence-corrected chi connectivity index (χ3v) is 2.87. The normalized spacial score (nSPS) is 10.2. The molecule has 6 heteroatoms. The molecule has 0 spiro atoms. The first-order chi connectivity index (χ1) is 9.13. The van der Waals surface area contributed by atoms with Crippen LogP contribution in [-0.2, 0) is 0 Å². The smallest absolute Gasteiger partial charge is 0.312 e. The van der Waals surface area contributed by atoms with Crippen molar-refractivity contribution in [1.82, 2.24) is 4.98 Å². The molecule has 0 N–H and O–H groups in total. The van der Waals surface area contributed by atoms with Gasteiger partial charge in [0, 0.05) is 18.3 Å². The lowest BCUT2D eigenvalue weighted by Gasteiger charge is -2.21. The molecule has 2 rings (SSSR count). The van der Waals surface area contributed by atoms with Gasteiger partial charge in [-0.1, -0.05) is 29.8 Å². The molecule has 0 atom stereocenters. The van der Waals surface area contributed by atoms with E-state index >= 15 is 0 Å². The van der Waals surface area contributed by atoms with Gasteiger partial charge in [-0.05, 0) is 25.1 Å². The van der Waals surface area contributed by atoms with Gasteiger partial charge in [0.15, 0.2) is 0 Å². The van der Waals surface area contributed by atoms with E-state index in [0.717, 1.165) is 5.69 Å². The zero-order valence-corrected chi connectivity index (χ0v) is 11.0. The molecule has 19 heavy (non-hydrogen) atoms. The summed E-state index contributed by atoms with van der Waals surface area (Å²) in [5.74, 6) is 0.256. The summed E-state index contributed by atoms with van der Waals surface area (Å²) in [7, 11) is 0. The number of nitrogens with zero attached hydrogens (tertiary/aromatic N) is 3. The van der Waals surface area contributed by atoms with Crippen LogP contribution >= 0.6 is 11.6 Å². The lowest BCUT2D eigenvalue weighted by Crippen LogP contribution is -2.18. The van der Waals surface area contributed by atoms with Crippen molar-refractivity contribution in [3.05, 3.63) is 57.7 Å². The van der Waals surface area contributed by atoms with Gasteiger partial charge in [0.1, 0.15) is 5.15 Å². The number of para-hydroxylation sites is 1. The molecule has 0 saturated heterocycles. The van der Waals surface area contributed by atoms with Crippen LogP contribution in [0.15, 0.2) is 42.5 Å². The minimum Gasteiger partial charge on any atom is -0.321 e. The number of nitro groups is 1. The average Bonchev–Trinajstić information content (AvgIpc) is 2.40. The molecular formula is C13H12ClN3O2. The van der Waals surface area contributed by atoms with E-state index in [-0.39, 0.29) is 16.7 Å². The van der Waals surface area contributed by atoms with Crippen molar-refractivity contribution < 1.29 is 4.92 Å². The summed E-state index contributed by atoms with van der Waals surface area (Å²) in [6.45, 7) is 2.46. The van der Waals surface area contributed by atoms with E-state index in [1.54, 1.807) is 4.90 Å². The lowest BCUT2D eigenvalue weighted by molar-refractivity contribution is -0.384. The lowest BCUT2D eigenvalue weighted by atomic mass is 10.2. The molecule has 1 aromatic heterocycles. The standard InChI is InChI=1S/C13H12ClN3O2/c1-2-16(10-6-4-3-5-7-10)13-11(17(18)19)8-9-12(14)15-13/h3-9H,2H2,1H3. The highest BCUT2D eigenvalue weighted by Gasteiger charge is 2.21. The number of hydrogen-bond donors (Lipinski definition) is 0. The fourth-order valence-corrected chi connectivity index (χ4v) is 1.96. The molecular weight excluding hydrogens is 266 g/mol. The Labute approximate surface area is 115 Å². The van der Waals surface area contributed by atoms with Gasteiger partial charge in [-0.3, -0.25) is 10.1 Å². The van der Waals surface area contributed by atoms with E-state index < -0.39 is 4.92 Å². The minimum atomic E-state index is -0.454. The Morgan fingerprint density at radius 2 is 1.95 bits per heavy atom. The monoisotopic (exact) mass is 277 g/mol. The highest BCUT2D eigenvalue weighted by atomic mass is 35.5. The summed E-state index contributed by atoms with van der Waals surface area (Å²) in [5.41, 5.74) is 0.776. The van der Waals surface area contributed by atoms with Crippen molar-refractivity contribution >= 4 is 28.8 Å². The number of rotatable bonds is 4. The Hall–Kier alpha value is -2.14. The highest BCUT2D eigenvalue weighted by Crippen LogP contribution is 2.32. The molecule has 2 aromatic rings. The first-order valence-electron chi connectivity index (χ1n) is 5.77. The quantitative estimate of drug-likeness (QED) is 0.484. The van der Waals surface area contributed by atoms with Crippen molar-refractivity contribution in [1.29, 1.82) is 0 Å². The third-order valence-electron chi connectivity index (χ3n) is 2.66. The van der Waals surface area contributed by atoms with Gasteiger partial charge in [0.25, 0.3) is 0 Å². The Balaban J connectivity index is 2.55. The van der Waals surface area contributed by atoms with Crippen molar-refractivity contribution in [3.8, 4) is 0 Å². The molecule has 0 amide bonds. The van der Waals surface area contributed by atoms with Crippen LogP contribution in [0.25, 0.3) is 0 Å². The zero-order chi connectivity index (χ0) is 13.8. The molecule has 5 nitrogen and oxygen atoms in total. The van der Waals surface area contributed by atoms with Crippen LogP contribution in [0, 0.1) is 10.1 Å². The van der Waals surface area contributed by atoms with Crippen LogP contribution in [0.1, 0.15) is 6.92 Å². The molecule has 0 radical (unpaired) electrons. The van der Waals surface area contributed by atoms with Gasteiger partial charge in [0.05, 0.1) is 4.92 Å².